The Morgan fingerprint density at radius 2 is 1.55 bits per heavy atom. The van der Waals surface area contributed by atoms with Gasteiger partial charge in [0.2, 0.25) is 11.8 Å². The molecular formula is C26H43N3O4. The summed E-state index contributed by atoms with van der Waals surface area (Å²) in [5.41, 5.74) is 0.0418. The Balaban J connectivity index is 3.44. The fraction of sp³-hybridized carbons (Fsp3) is 0.654. The number of carbonyl (C=O) groups excluding carboxylic acids is 3. The quantitative estimate of drug-likeness (QED) is 0.523. The van der Waals surface area contributed by atoms with Gasteiger partial charge in [0, 0.05) is 12.1 Å². The number of rotatable bonds is 10. The number of nitrogens with zero attached hydrogens (tertiary/aromatic N) is 1. The molecule has 7 heteroatoms. The van der Waals surface area contributed by atoms with Crippen LogP contribution in [0.25, 0.3) is 0 Å². The van der Waals surface area contributed by atoms with Gasteiger partial charge in [-0.25, -0.2) is 4.79 Å². The van der Waals surface area contributed by atoms with Gasteiger partial charge in [-0.1, -0.05) is 51.1 Å². The molecule has 0 saturated carbocycles. The second-order valence-corrected chi connectivity index (χ2v) is 10.3. The van der Waals surface area contributed by atoms with Crippen LogP contribution in [0.1, 0.15) is 86.8 Å². The molecule has 33 heavy (non-hydrogen) atoms. The van der Waals surface area contributed by atoms with Crippen molar-refractivity contribution in [1.82, 2.24) is 15.5 Å². The van der Waals surface area contributed by atoms with E-state index in [2.05, 4.69) is 10.6 Å². The summed E-state index contributed by atoms with van der Waals surface area (Å²) in [7, 11) is 0. The van der Waals surface area contributed by atoms with Gasteiger partial charge in [-0.2, -0.15) is 0 Å². The molecule has 0 heterocycles. The highest BCUT2D eigenvalue weighted by atomic mass is 16.6. The smallest absolute Gasteiger partial charge is 0.408 e. The van der Waals surface area contributed by atoms with Gasteiger partial charge in [0.05, 0.1) is 0 Å². The van der Waals surface area contributed by atoms with Crippen LogP contribution in [0.4, 0.5) is 4.79 Å². The second kappa shape index (κ2) is 12.6. The third kappa shape index (κ3) is 9.44. The lowest BCUT2D eigenvalue weighted by Crippen LogP contribution is -2.56. The minimum atomic E-state index is -0.814. The molecule has 0 aliphatic rings. The molecule has 1 aromatic rings. The monoisotopic (exact) mass is 461 g/mol. The summed E-state index contributed by atoms with van der Waals surface area (Å²) in [6.07, 6.45) is 0.442. The van der Waals surface area contributed by atoms with Gasteiger partial charge >= 0.3 is 6.09 Å². The molecule has 3 amide bonds. The average molecular weight is 462 g/mol. The number of hydrogen-bond donors (Lipinski definition) is 2. The van der Waals surface area contributed by atoms with E-state index in [4.69, 9.17) is 4.74 Å². The van der Waals surface area contributed by atoms with Crippen LogP contribution in [-0.2, 0) is 14.3 Å². The molecule has 2 N–H and O–H groups in total. The van der Waals surface area contributed by atoms with Crippen LogP contribution in [0.3, 0.4) is 0 Å². The van der Waals surface area contributed by atoms with Crippen LogP contribution in [0.2, 0.25) is 0 Å². The SMILES string of the molecule is CCC(C)N(C(=O)C(CC(C)C)NC(=O)OC(C)(C)C)C(C(=O)NC(C)C)c1ccccc1. The maximum Gasteiger partial charge on any atom is 0.408 e. The zero-order chi connectivity index (χ0) is 25.3. The maximum absolute atomic E-state index is 14.0. The van der Waals surface area contributed by atoms with Crippen LogP contribution in [0, 0.1) is 5.92 Å². The first-order chi connectivity index (χ1) is 15.3. The van der Waals surface area contributed by atoms with Crippen molar-refractivity contribution in [2.24, 2.45) is 5.92 Å². The summed E-state index contributed by atoms with van der Waals surface area (Å²) in [5.74, 6) is -0.394. The van der Waals surface area contributed by atoms with Crippen LogP contribution >= 0.6 is 0 Å². The minimum Gasteiger partial charge on any atom is -0.444 e. The van der Waals surface area contributed by atoms with E-state index in [1.54, 1.807) is 25.7 Å². The van der Waals surface area contributed by atoms with Crippen molar-refractivity contribution < 1.29 is 19.1 Å². The van der Waals surface area contributed by atoms with E-state index in [0.29, 0.717) is 12.8 Å². The first-order valence-corrected chi connectivity index (χ1v) is 11.9. The van der Waals surface area contributed by atoms with E-state index in [0.717, 1.165) is 5.56 Å². The Hall–Kier alpha value is -2.57. The second-order valence-electron chi connectivity index (χ2n) is 10.3. The van der Waals surface area contributed by atoms with Crippen molar-refractivity contribution in [3.05, 3.63) is 35.9 Å². The third-order valence-electron chi connectivity index (χ3n) is 5.09. The summed E-state index contributed by atoms with van der Waals surface area (Å²) >= 11 is 0. The lowest BCUT2D eigenvalue weighted by Gasteiger charge is -2.38. The fourth-order valence-electron chi connectivity index (χ4n) is 3.56. The number of alkyl carbamates (subject to hydrolysis) is 1. The zero-order valence-corrected chi connectivity index (χ0v) is 21.8. The topological polar surface area (TPSA) is 87.7 Å². The minimum absolute atomic E-state index is 0.0797. The van der Waals surface area contributed by atoms with E-state index >= 15 is 0 Å². The molecular weight excluding hydrogens is 418 g/mol. The molecule has 7 nitrogen and oxygen atoms in total. The molecule has 0 aliphatic carbocycles. The number of ether oxygens (including phenoxy) is 1. The first kappa shape index (κ1) is 28.5. The molecule has 0 aliphatic heterocycles. The molecule has 1 aromatic carbocycles. The Labute approximate surface area is 199 Å². The zero-order valence-electron chi connectivity index (χ0n) is 21.8. The van der Waals surface area contributed by atoms with Crippen molar-refractivity contribution in [1.29, 1.82) is 0 Å². The fourth-order valence-corrected chi connectivity index (χ4v) is 3.56. The first-order valence-electron chi connectivity index (χ1n) is 11.9. The summed E-state index contributed by atoms with van der Waals surface area (Å²) in [6.45, 7) is 17.0. The van der Waals surface area contributed by atoms with Crippen molar-refractivity contribution in [2.75, 3.05) is 0 Å². The summed E-state index contributed by atoms with van der Waals surface area (Å²) < 4.78 is 5.41. The van der Waals surface area contributed by atoms with E-state index in [-0.39, 0.29) is 29.8 Å². The number of benzene rings is 1. The van der Waals surface area contributed by atoms with Gasteiger partial charge in [0.15, 0.2) is 0 Å². The average Bonchev–Trinajstić information content (AvgIpc) is 2.68. The summed E-state index contributed by atoms with van der Waals surface area (Å²) in [6, 6.07) is 7.36. The lowest BCUT2D eigenvalue weighted by atomic mass is 9.97. The van der Waals surface area contributed by atoms with Gasteiger partial charge in [-0.3, -0.25) is 9.59 Å². The van der Waals surface area contributed by atoms with Gasteiger partial charge in [-0.15, -0.1) is 0 Å². The van der Waals surface area contributed by atoms with Crippen molar-refractivity contribution in [3.63, 3.8) is 0 Å². The highest BCUT2D eigenvalue weighted by Crippen LogP contribution is 2.27. The molecule has 1 rings (SSSR count). The van der Waals surface area contributed by atoms with Crippen molar-refractivity contribution in [2.45, 2.75) is 105 Å². The normalized spacial score (nSPS) is 14.4. The molecule has 0 aromatic heterocycles. The van der Waals surface area contributed by atoms with Crippen LogP contribution in [0.5, 0.6) is 0 Å². The van der Waals surface area contributed by atoms with Crippen LogP contribution in [-0.4, -0.2) is 46.5 Å². The summed E-state index contributed by atoms with van der Waals surface area (Å²) in [4.78, 5) is 41.5. The van der Waals surface area contributed by atoms with Gasteiger partial charge in [-0.05, 0) is 65.9 Å². The Bertz CT molecular complexity index is 771. The standard InChI is InChI=1S/C26H43N3O4/c1-10-19(6)29(22(23(30)27-18(4)5)20-14-12-11-13-15-20)24(31)21(16-17(2)3)28-25(32)33-26(7,8)9/h11-15,17-19,21-22H,10,16H2,1-9H3,(H,27,30)(H,28,32). The van der Waals surface area contributed by atoms with Gasteiger partial charge in [0.25, 0.3) is 0 Å². The van der Waals surface area contributed by atoms with Crippen LogP contribution in [0.15, 0.2) is 30.3 Å². The molecule has 3 unspecified atom stereocenters. The predicted octanol–water partition coefficient (Wildman–Crippen LogP) is 4.82. The van der Waals surface area contributed by atoms with Gasteiger partial charge in [0.1, 0.15) is 17.7 Å². The largest absolute Gasteiger partial charge is 0.444 e. The number of amides is 3. The predicted molar refractivity (Wildman–Crippen MR) is 132 cm³/mol. The maximum atomic E-state index is 14.0. The Kier molecular flexibility index (Phi) is 10.9. The van der Waals surface area contributed by atoms with Gasteiger partial charge < -0.3 is 20.3 Å². The third-order valence-corrected chi connectivity index (χ3v) is 5.09. The molecule has 0 saturated heterocycles. The van der Waals surface area contributed by atoms with Crippen molar-refractivity contribution in [3.8, 4) is 0 Å². The Morgan fingerprint density at radius 3 is 2.00 bits per heavy atom. The Morgan fingerprint density at radius 1 is 0.970 bits per heavy atom. The molecule has 3 atom stereocenters. The number of carbonyl (C=O) groups is 3. The van der Waals surface area contributed by atoms with E-state index in [1.807, 2.05) is 71.9 Å². The molecule has 0 fully saturated rings. The molecule has 0 bridgehead atoms. The molecule has 186 valence electrons. The van der Waals surface area contributed by atoms with E-state index < -0.39 is 23.8 Å². The molecule has 0 spiro atoms. The van der Waals surface area contributed by atoms with E-state index in [1.165, 1.54) is 0 Å². The highest BCUT2D eigenvalue weighted by molar-refractivity contribution is 5.92. The van der Waals surface area contributed by atoms with Crippen molar-refractivity contribution >= 4 is 17.9 Å². The van der Waals surface area contributed by atoms with Crippen LogP contribution < -0.4 is 10.6 Å². The number of nitrogens with one attached hydrogen (secondary N) is 2. The van der Waals surface area contributed by atoms with E-state index in [9.17, 15) is 14.4 Å². The number of hydrogen-bond acceptors (Lipinski definition) is 4. The lowest BCUT2D eigenvalue weighted by molar-refractivity contribution is -0.145. The summed E-state index contributed by atoms with van der Waals surface area (Å²) in [5, 5.41) is 5.73. The molecule has 0 radical (unpaired) electrons. The highest BCUT2D eigenvalue weighted by Gasteiger charge is 2.38.